The van der Waals surface area contributed by atoms with Crippen LogP contribution < -0.4 is 5.32 Å². The van der Waals surface area contributed by atoms with Crippen LogP contribution in [-0.4, -0.2) is 18.3 Å². The summed E-state index contributed by atoms with van der Waals surface area (Å²) in [4.78, 5) is 1.37. The molecule has 1 aromatic rings. The summed E-state index contributed by atoms with van der Waals surface area (Å²) in [6.07, 6.45) is 8.55. The van der Waals surface area contributed by atoms with E-state index in [1.165, 1.54) is 53.6 Å². The van der Waals surface area contributed by atoms with Crippen LogP contribution in [0.1, 0.15) is 45.4 Å². The van der Waals surface area contributed by atoms with E-state index in [9.17, 15) is 0 Å². The molecule has 0 amide bonds. The maximum Gasteiger partial charge on any atom is 0.0189 e. The summed E-state index contributed by atoms with van der Waals surface area (Å²) in [7, 11) is 0. The van der Waals surface area contributed by atoms with E-state index in [0.29, 0.717) is 6.04 Å². The molecule has 1 aliphatic rings. The molecule has 1 saturated carbocycles. The van der Waals surface area contributed by atoms with E-state index in [0.717, 1.165) is 12.5 Å². The highest BCUT2D eigenvalue weighted by atomic mass is 79.9. The first kappa shape index (κ1) is 16.4. The second kappa shape index (κ2) is 9.11. The van der Waals surface area contributed by atoms with E-state index in [-0.39, 0.29) is 0 Å². The molecule has 1 nitrogen and oxygen atoms in total. The molecular formula is C17H26BrNS. The van der Waals surface area contributed by atoms with E-state index >= 15 is 0 Å². The summed E-state index contributed by atoms with van der Waals surface area (Å²) in [6, 6.07) is 9.33. The second-order valence-electron chi connectivity index (χ2n) is 5.68. The summed E-state index contributed by atoms with van der Waals surface area (Å²) in [5, 5.41) is 3.73. The van der Waals surface area contributed by atoms with Crippen molar-refractivity contribution in [2.75, 3.05) is 12.3 Å². The van der Waals surface area contributed by atoms with E-state index in [1.54, 1.807) is 0 Å². The van der Waals surface area contributed by atoms with E-state index in [1.807, 2.05) is 11.8 Å². The lowest BCUT2D eigenvalue weighted by Gasteiger charge is -2.26. The standard InChI is InChI=1S/C17H26BrNS/c1-2-19-17(14-8-5-3-4-6-9-14)13-20-16-11-7-10-15(18)12-16/h7,10-12,14,17,19H,2-6,8-9,13H2,1H3. The van der Waals surface area contributed by atoms with Crippen LogP contribution in [0.5, 0.6) is 0 Å². The van der Waals surface area contributed by atoms with Crippen LogP contribution in [0.2, 0.25) is 0 Å². The zero-order valence-electron chi connectivity index (χ0n) is 12.4. The van der Waals surface area contributed by atoms with Gasteiger partial charge in [-0.1, -0.05) is 54.6 Å². The molecule has 0 heterocycles. The van der Waals surface area contributed by atoms with Crippen molar-refractivity contribution in [3.8, 4) is 0 Å². The van der Waals surface area contributed by atoms with Gasteiger partial charge in [0.25, 0.3) is 0 Å². The van der Waals surface area contributed by atoms with Crippen molar-refractivity contribution in [2.24, 2.45) is 5.92 Å². The highest BCUT2D eigenvalue weighted by molar-refractivity contribution is 9.10. The van der Waals surface area contributed by atoms with Gasteiger partial charge in [-0.05, 0) is 43.5 Å². The monoisotopic (exact) mass is 355 g/mol. The fourth-order valence-corrected chi connectivity index (χ4v) is 4.78. The number of benzene rings is 1. The van der Waals surface area contributed by atoms with Crippen LogP contribution >= 0.6 is 27.7 Å². The average molecular weight is 356 g/mol. The SMILES string of the molecule is CCNC(CSc1cccc(Br)c1)C1CCCCCC1. The average Bonchev–Trinajstić information content (AvgIpc) is 2.72. The Morgan fingerprint density at radius 2 is 2.00 bits per heavy atom. The molecule has 0 aromatic heterocycles. The quantitative estimate of drug-likeness (QED) is 0.534. The minimum Gasteiger partial charge on any atom is -0.313 e. The maximum absolute atomic E-state index is 3.73. The molecule has 0 saturated heterocycles. The Labute approximate surface area is 136 Å². The third-order valence-corrected chi connectivity index (χ3v) is 5.77. The molecule has 0 spiro atoms. The van der Waals surface area contributed by atoms with Crippen molar-refractivity contribution in [3.05, 3.63) is 28.7 Å². The molecule has 3 heteroatoms. The molecule has 2 rings (SSSR count). The van der Waals surface area contributed by atoms with Gasteiger partial charge in [0.2, 0.25) is 0 Å². The molecular weight excluding hydrogens is 330 g/mol. The van der Waals surface area contributed by atoms with Crippen LogP contribution in [0.4, 0.5) is 0 Å². The third kappa shape index (κ3) is 5.42. The molecule has 1 N–H and O–H groups in total. The topological polar surface area (TPSA) is 12.0 Å². The van der Waals surface area contributed by atoms with Gasteiger partial charge in [0.15, 0.2) is 0 Å². The minimum absolute atomic E-state index is 0.669. The van der Waals surface area contributed by atoms with E-state index in [2.05, 4.69) is 52.4 Å². The van der Waals surface area contributed by atoms with Crippen molar-refractivity contribution in [2.45, 2.75) is 56.4 Å². The Morgan fingerprint density at radius 1 is 1.25 bits per heavy atom. The lowest BCUT2D eigenvalue weighted by atomic mass is 9.93. The molecule has 1 atom stereocenters. The van der Waals surface area contributed by atoms with Gasteiger partial charge < -0.3 is 5.32 Å². The molecule has 1 aromatic carbocycles. The lowest BCUT2D eigenvalue weighted by molar-refractivity contribution is 0.347. The summed E-state index contributed by atoms with van der Waals surface area (Å²) in [5.41, 5.74) is 0. The Morgan fingerprint density at radius 3 is 2.65 bits per heavy atom. The first-order chi connectivity index (χ1) is 9.79. The van der Waals surface area contributed by atoms with Gasteiger partial charge in [0.1, 0.15) is 0 Å². The minimum atomic E-state index is 0.669. The van der Waals surface area contributed by atoms with Gasteiger partial charge in [-0.15, -0.1) is 11.8 Å². The zero-order chi connectivity index (χ0) is 14.2. The molecule has 0 aliphatic heterocycles. The van der Waals surface area contributed by atoms with Crippen molar-refractivity contribution in [3.63, 3.8) is 0 Å². The van der Waals surface area contributed by atoms with Gasteiger partial charge in [-0.3, -0.25) is 0 Å². The number of rotatable bonds is 6. The largest absolute Gasteiger partial charge is 0.313 e. The Bertz CT molecular complexity index is 388. The Balaban J connectivity index is 1.90. The predicted molar refractivity (Wildman–Crippen MR) is 93.5 cm³/mol. The predicted octanol–water partition coefficient (Wildman–Crippen LogP) is 5.49. The summed E-state index contributed by atoms with van der Waals surface area (Å²) < 4.78 is 1.18. The zero-order valence-corrected chi connectivity index (χ0v) is 14.8. The van der Waals surface area contributed by atoms with Gasteiger partial charge in [-0.2, -0.15) is 0 Å². The smallest absolute Gasteiger partial charge is 0.0189 e. The number of thioether (sulfide) groups is 1. The normalized spacial score (nSPS) is 18.7. The molecule has 0 bridgehead atoms. The summed E-state index contributed by atoms with van der Waals surface area (Å²) in [5.74, 6) is 2.06. The highest BCUT2D eigenvalue weighted by Gasteiger charge is 2.22. The Kier molecular flexibility index (Phi) is 7.47. The van der Waals surface area contributed by atoms with Crippen molar-refractivity contribution < 1.29 is 0 Å². The Hall–Kier alpha value is 0.01000. The first-order valence-electron chi connectivity index (χ1n) is 7.91. The number of hydrogen-bond donors (Lipinski definition) is 1. The summed E-state index contributed by atoms with van der Waals surface area (Å²) in [6.45, 7) is 3.31. The molecule has 112 valence electrons. The first-order valence-corrected chi connectivity index (χ1v) is 9.69. The van der Waals surface area contributed by atoms with Gasteiger partial charge in [-0.25, -0.2) is 0 Å². The second-order valence-corrected chi connectivity index (χ2v) is 7.69. The van der Waals surface area contributed by atoms with Crippen LogP contribution in [0.25, 0.3) is 0 Å². The third-order valence-electron chi connectivity index (χ3n) is 4.16. The molecule has 0 radical (unpaired) electrons. The van der Waals surface area contributed by atoms with Gasteiger partial charge in [0, 0.05) is 21.2 Å². The molecule has 1 unspecified atom stereocenters. The molecule has 20 heavy (non-hydrogen) atoms. The van der Waals surface area contributed by atoms with Crippen LogP contribution in [-0.2, 0) is 0 Å². The highest BCUT2D eigenvalue weighted by Crippen LogP contribution is 2.29. The van der Waals surface area contributed by atoms with Crippen molar-refractivity contribution in [1.29, 1.82) is 0 Å². The maximum atomic E-state index is 3.73. The van der Waals surface area contributed by atoms with Crippen LogP contribution in [0, 0.1) is 5.92 Å². The number of hydrogen-bond acceptors (Lipinski definition) is 2. The van der Waals surface area contributed by atoms with E-state index in [4.69, 9.17) is 0 Å². The summed E-state index contributed by atoms with van der Waals surface area (Å²) >= 11 is 5.55. The fourth-order valence-electron chi connectivity index (χ4n) is 3.08. The van der Waals surface area contributed by atoms with Crippen molar-refractivity contribution in [1.82, 2.24) is 5.32 Å². The molecule has 1 aliphatic carbocycles. The number of nitrogens with one attached hydrogen (secondary N) is 1. The van der Waals surface area contributed by atoms with Gasteiger partial charge >= 0.3 is 0 Å². The lowest BCUT2D eigenvalue weighted by Crippen LogP contribution is -2.38. The van der Waals surface area contributed by atoms with Crippen molar-refractivity contribution >= 4 is 27.7 Å². The number of halogens is 1. The van der Waals surface area contributed by atoms with Crippen LogP contribution in [0.15, 0.2) is 33.6 Å². The molecule has 1 fully saturated rings. The van der Waals surface area contributed by atoms with Gasteiger partial charge in [0.05, 0.1) is 0 Å². The van der Waals surface area contributed by atoms with Crippen LogP contribution in [0.3, 0.4) is 0 Å². The fraction of sp³-hybridized carbons (Fsp3) is 0.647. The van der Waals surface area contributed by atoms with E-state index < -0.39 is 0 Å².